The fraction of sp³-hybridized carbons (Fsp3) is 0.111. The van der Waals surface area contributed by atoms with Crippen LogP contribution in [-0.4, -0.2) is 18.1 Å². The van der Waals surface area contributed by atoms with Crippen LogP contribution in [-0.2, 0) is 9.37 Å². The van der Waals surface area contributed by atoms with Crippen molar-refractivity contribution in [3.8, 4) is 0 Å². The topological polar surface area (TPSA) is 70.9 Å². The molecular weight excluding hydrogens is 273 g/mol. The van der Waals surface area contributed by atoms with Crippen molar-refractivity contribution in [2.75, 3.05) is 6.26 Å². The third kappa shape index (κ3) is 5.54. The van der Waals surface area contributed by atoms with Crippen LogP contribution >= 0.6 is 23.8 Å². The number of carbonyl (C=O) groups excluding carboxylic acids is 1. The molecule has 0 saturated carbocycles. The Morgan fingerprint density at radius 1 is 1.47 bits per heavy atom. The van der Waals surface area contributed by atoms with Gasteiger partial charge >= 0.3 is 29.6 Å². The third-order valence-corrected chi connectivity index (χ3v) is 2.81. The molecule has 0 aromatic heterocycles. The molecule has 0 bridgehead atoms. The second kappa shape index (κ2) is 9.12. The van der Waals surface area contributed by atoms with Gasteiger partial charge in [0.25, 0.3) is 0 Å². The van der Waals surface area contributed by atoms with Gasteiger partial charge in [0.2, 0.25) is 5.12 Å². The first-order valence-electron chi connectivity index (χ1n) is 4.04. The molecule has 1 aromatic rings. The summed E-state index contributed by atoms with van der Waals surface area (Å²) in [4.78, 5) is 15.7. The van der Waals surface area contributed by atoms with Crippen LogP contribution in [0.3, 0.4) is 0 Å². The number of carbonyl (C=O) groups is 1. The summed E-state index contributed by atoms with van der Waals surface area (Å²) in [5, 5.41) is 12.8. The van der Waals surface area contributed by atoms with Crippen LogP contribution in [0.2, 0.25) is 0 Å². The van der Waals surface area contributed by atoms with Gasteiger partial charge in [-0.15, -0.1) is 0 Å². The van der Waals surface area contributed by atoms with Crippen LogP contribution in [0.25, 0.3) is 0 Å². The molecule has 5 nitrogen and oxygen atoms in total. The molecule has 1 aromatic carbocycles. The number of hydrogen-bond acceptors (Lipinski definition) is 7. The molecule has 0 saturated heterocycles. The van der Waals surface area contributed by atoms with Gasteiger partial charge in [-0.1, -0.05) is 11.8 Å². The van der Waals surface area contributed by atoms with E-state index in [1.54, 1.807) is 24.5 Å². The maximum Gasteiger partial charge on any atom is 1.00 e. The summed E-state index contributed by atoms with van der Waals surface area (Å²) in [6, 6.07) is 4.80. The van der Waals surface area contributed by atoms with E-state index in [0.717, 1.165) is 11.8 Å². The Bertz CT molecular complexity index is 403. The van der Waals surface area contributed by atoms with Gasteiger partial charge in [0.15, 0.2) is 0 Å². The monoisotopic (exact) mass is 281 g/mol. The van der Waals surface area contributed by atoms with Crippen LogP contribution in [0.1, 0.15) is 10.4 Å². The summed E-state index contributed by atoms with van der Waals surface area (Å²) >= 11 is 1.79. The molecule has 0 aliphatic carbocycles. The molecular formula is C9H8NNaO4S2. The molecule has 0 N–H and O–H groups in total. The number of rotatable bonds is 5. The van der Waals surface area contributed by atoms with E-state index in [1.807, 2.05) is 0 Å². The van der Waals surface area contributed by atoms with Crippen LogP contribution in [0.15, 0.2) is 28.1 Å². The molecule has 0 heterocycles. The second-order valence-electron chi connectivity index (χ2n) is 2.58. The SMILES string of the molecule is C=Nc1cc(SOO[O-])cc(C(=O)SC)c1.[Na+]. The normalized spacial score (nSPS) is 9.53. The molecule has 0 aliphatic heterocycles. The molecule has 17 heavy (non-hydrogen) atoms. The summed E-state index contributed by atoms with van der Waals surface area (Å²) in [5.41, 5.74) is 0.992. The zero-order chi connectivity index (χ0) is 12.0. The van der Waals surface area contributed by atoms with E-state index >= 15 is 0 Å². The van der Waals surface area contributed by atoms with E-state index in [0.29, 0.717) is 28.2 Å². The van der Waals surface area contributed by atoms with Gasteiger partial charge in [0, 0.05) is 10.5 Å². The minimum absolute atomic E-state index is 0. The third-order valence-electron chi connectivity index (χ3n) is 1.65. The Labute approximate surface area is 129 Å². The van der Waals surface area contributed by atoms with E-state index in [9.17, 15) is 10.1 Å². The average Bonchev–Trinajstić information content (AvgIpc) is 2.34. The maximum absolute atomic E-state index is 11.5. The number of hydrogen-bond donors (Lipinski definition) is 0. The molecule has 8 heteroatoms. The molecule has 0 radical (unpaired) electrons. The molecule has 0 aliphatic rings. The Morgan fingerprint density at radius 2 is 2.18 bits per heavy atom. The first-order chi connectivity index (χ1) is 7.71. The summed E-state index contributed by atoms with van der Waals surface area (Å²) in [7, 11) is 0. The van der Waals surface area contributed by atoms with Gasteiger partial charge in [-0.05, 0) is 31.2 Å². The number of thioether (sulfide) groups is 1. The van der Waals surface area contributed by atoms with E-state index in [2.05, 4.69) is 21.1 Å². The van der Waals surface area contributed by atoms with Gasteiger partial charge in [-0.25, -0.2) is 0 Å². The molecule has 0 spiro atoms. The van der Waals surface area contributed by atoms with Crippen molar-refractivity contribution in [2.45, 2.75) is 4.90 Å². The fourth-order valence-electron chi connectivity index (χ4n) is 1.01. The van der Waals surface area contributed by atoms with Crippen molar-refractivity contribution in [1.82, 2.24) is 0 Å². The molecule has 0 fully saturated rings. The molecule has 0 unspecified atom stereocenters. The van der Waals surface area contributed by atoms with E-state index in [4.69, 9.17) is 0 Å². The van der Waals surface area contributed by atoms with Crippen molar-refractivity contribution in [3.63, 3.8) is 0 Å². The zero-order valence-electron chi connectivity index (χ0n) is 9.34. The largest absolute Gasteiger partial charge is 1.00 e. The predicted molar refractivity (Wildman–Crippen MR) is 61.5 cm³/mol. The molecule has 0 amide bonds. The molecule has 1 rings (SSSR count). The number of benzene rings is 1. The van der Waals surface area contributed by atoms with Crippen LogP contribution < -0.4 is 34.8 Å². The summed E-state index contributed by atoms with van der Waals surface area (Å²) < 4.78 is 4.17. The average molecular weight is 281 g/mol. The van der Waals surface area contributed by atoms with E-state index < -0.39 is 0 Å². The second-order valence-corrected chi connectivity index (χ2v) is 4.14. The predicted octanol–water partition coefficient (Wildman–Crippen LogP) is -1.24. The van der Waals surface area contributed by atoms with E-state index in [1.165, 1.54) is 0 Å². The molecule has 0 atom stereocenters. The zero-order valence-corrected chi connectivity index (χ0v) is 13.0. The quantitative estimate of drug-likeness (QED) is 0.221. The summed E-state index contributed by atoms with van der Waals surface area (Å²) in [6.07, 6.45) is 1.68. The van der Waals surface area contributed by atoms with Crippen molar-refractivity contribution < 1.29 is 49.0 Å². The van der Waals surface area contributed by atoms with Crippen molar-refractivity contribution >= 4 is 41.3 Å². The smallest absolute Gasteiger partial charge is 0.691 e. The van der Waals surface area contributed by atoms with Crippen LogP contribution in [0.5, 0.6) is 0 Å². The fourth-order valence-corrected chi connectivity index (χ4v) is 1.82. The number of nitrogens with zero attached hydrogens (tertiary/aromatic N) is 1. The van der Waals surface area contributed by atoms with Crippen LogP contribution in [0.4, 0.5) is 5.69 Å². The van der Waals surface area contributed by atoms with Gasteiger partial charge < -0.3 is 5.26 Å². The van der Waals surface area contributed by atoms with Crippen LogP contribution in [0, 0.1) is 0 Å². The first-order valence-corrected chi connectivity index (χ1v) is 6.01. The molecule has 86 valence electrons. The Kier molecular flexibility index (Phi) is 9.20. The van der Waals surface area contributed by atoms with E-state index in [-0.39, 0.29) is 34.7 Å². The maximum atomic E-state index is 11.5. The van der Waals surface area contributed by atoms with Crippen molar-refractivity contribution in [2.24, 2.45) is 4.99 Å². The van der Waals surface area contributed by atoms with Crippen molar-refractivity contribution in [3.05, 3.63) is 23.8 Å². The van der Waals surface area contributed by atoms with Gasteiger partial charge in [0.05, 0.1) is 17.7 Å². The Hall–Kier alpha value is 0.140. The Morgan fingerprint density at radius 3 is 2.71 bits per heavy atom. The summed E-state index contributed by atoms with van der Waals surface area (Å²) in [5.74, 6) is 0. The minimum atomic E-state index is -0.101. The number of aliphatic imine (C=N–C) groups is 1. The van der Waals surface area contributed by atoms with Gasteiger partial charge in [0.1, 0.15) is 0 Å². The van der Waals surface area contributed by atoms with Gasteiger partial charge in [-0.3, -0.25) is 14.8 Å². The Balaban J connectivity index is 0.00000256. The summed E-state index contributed by atoms with van der Waals surface area (Å²) in [6.45, 7) is 3.37. The first kappa shape index (κ1) is 17.1. The van der Waals surface area contributed by atoms with Gasteiger partial charge in [-0.2, -0.15) is 4.33 Å². The van der Waals surface area contributed by atoms with Crippen molar-refractivity contribution in [1.29, 1.82) is 0 Å². The standard InChI is InChI=1S/C9H9NO4S2.Na/c1-10-7-3-6(9(11)15-2)4-8(5-7)16-14-13-12;/h3-5,12H,1H2,2H3;/q;+1/p-1. The minimum Gasteiger partial charge on any atom is -0.691 e.